The van der Waals surface area contributed by atoms with Crippen molar-refractivity contribution in [1.29, 1.82) is 0 Å². The molecule has 0 unspecified atom stereocenters. The number of hydrogen-bond acceptors (Lipinski definition) is 3. The molecule has 1 aromatic heterocycles. The quantitative estimate of drug-likeness (QED) is 0.790. The molecule has 1 aromatic carbocycles. The molecule has 0 fully saturated rings. The van der Waals surface area contributed by atoms with Gasteiger partial charge in [0.05, 0.1) is 0 Å². The van der Waals surface area contributed by atoms with Gasteiger partial charge in [0.2, 0.25) is 0 Å². The number of nitrogens with zero attached hydrogens (tertiary/aromatic N) is 2. The van der Waals surface area contributed by atoms with Crippen LogP contribution in [0.25, 0.3) is 11.4 Å². The third-order valence-corrected chi connectivity index (χ3v) is 2.17. The second kappa shape index (κ2) is 5.05. The van der Waals surface area contributed by atoms with Crippen LogP contribution < -0.4 is 4.74 Å². The maximum Gasteiger partial charge on any atom is 0.387 e. The number of ether oxygens (including phenoxy) is 1. The van der Waals surface area contributed by atoms with E-state index in [4.69, 9.17) is 11.6 Å². The van der Waals surface area contributed by atoms with Gasteiger partial charge in [0.1, 0.15) is 10.9 Å². The van der Waals surface area contributed by atoms with E-state index >= 15 is 0 Å². The molecule has 0 N–H and O–H groups in total. The van der Waals surface area contributed by atoms with E-state index < -0.39 is 6.61 Å². The number of aromatic nitrogens is 2. The van der Waals surface area contributed by atoms with E-state index in [9.17, 15) is 8.78 Å². The summed E-state index contributed by atoms with van der Waals surface area (Å²) in [7, 11) is 0. The standard InChI is InChI=1S/C11H7ClF2N2O/c12-9-5-6-15-10(16-9)7-1-3-8(4-2-7)17-11(13)14/h1-6,11H. The van der Waals surface area contributed by atoms with Crippen molar-refractivity contribution in [2.45, 2.75) is 6.61 Å². The topological polar surface area (TPSA) is 35.0 Å². The highest BCUT2D eigenvalue weighted by Crippen LogP contribution is 2.21. The largest absolute Gasteiger partial charge is 0.435 e. The van der Waals surface area contributed by atoms with Crippen LogP contribution in [0.3, 0.4) is 0 Å². The predicted octanol–water partition coefficient (Wildman–Crippen LogP) is 3.40. The Morgan fingerprint density at radius 1 is 1.12 bits per heavy atom. The van der Waals surface area contributed by atoms with Gasteiger partial charge in [-0.2, -0.15) is 8.78 Å². The van der Waals surface area contributed by atoms with Crippen LogP contribution in [0.1, 0.15) is 0 Å². The summed E-state index contributed by atoms with van der Waals surface area (Å²) in [6.45, 7) is -2.83. The van der Waals surface area contributed by atoms with Crippen LogP contribution in [0.2, 0.25) is 5.15 Å². The normalized spacial score (nSPS) is 10.6. The molecule has 0 aliphatic carbocycles. The Kier molecular flexibility index (Phi) is 3.49. The fourth-order valence-electron chi connectivity index (χ4n) is 1.26. The van der Waals surface area contributed by atoms with E-state index in [1.807, 2.05) is 0 Å². The Morgan fingerprint density at radius 3 is 2.41 bits per heavy atom. The van der Waals surface area contributed by atoms with E-state index in [2.05, 4.69) is 14.7 Å². The number of halogens is 3. The molecule has 0 bridgehead atoms. The van der Waals surface area contributed by atoms with Crippen molar-refractivity contribution >= 4 is 11.6 Å². The Hall–Kier alpha value is -1.75. The van der Waals surface area contributed by atoms with E-state index in [0.717, 1.165) is 0 Å². The summed E-state index contributed by atoms with van der Waals surface area (Å²) in [4.78, 5) is 8.02. The van der Waals surface area contributed by atoms with Crippen LogP contribution in [0.15, 0.2) is 36.5 Å². The number of rotatable bonds is 3. The molecule has 17 heavy (non-hydrogen) atoms. The van der Waals surface area contributed by atoms with Gasteiger partial charge in [0.25, 0.3) is 0 Å². The second-order valence-electron chi connectivity index (χ2n) is 3.11. The number of benzene rings is 1. The molecular weight excluding hydrogens is 250 g/mol. The minimum absolute atomic E-state index is 0.0887. The van der Waals surface area contributed by atoms with Crippen molar-refractivity contribution in [3.05, 3.63) is 41.7 Å². The second-order valence-corrected chi connectivity index (χ2v) is 3.49. The summed E-state index contributed by atoms with van der Waals surface area (Å²) in [6, 6.07) is 7.57. The monoisotopic (exact) mass is 256 g/mol. The van der Waals surface area contributed by atoms with Gasteiger partial charge in [-0.05, 0) is 30.3 Å². The summed E-state index contributed by atoms with van der Waals surface area (Å²) < 4.78 is 28.1. The van der Waals surface area contributed by atoms with Crippen LogP contribution in [-0.2, 0) is 0 Å². The summed E-state index contributed by atoms with van der Waals surface area (Å²) in [5, 5.41) is 0.322. The lowest BCUT2D eigenvalue weighted by Gasteiger charge is -2.05. The van der Waals surface area contributed by atoms with Crippen LogP contribution >= 0.6 is 11.6 Å². The lowest BCUT2D eigenvalue weighted by molar-refractivity contribution is -0.0498. The maximum atomic E-state index is 11.9. The van der Waals surface area contributed by atoms with Gasteiger partial charge in [-0.1, -0.05) is 11.6 Å². The first-order valence-corrected chi connectivity index (χ1v) is 5.07. The summed E-state index contributed by atoms with van der Waals surface area (Å²) >= 11 is 5.72. The number of hydrogen-bond donors (Lipinski definition) is 0. The zero-order chi connectivity index (χ0) is 12.3. The molecule has 0 amide bonds. The van der Waals surface area contributed by atoms with Crippen LogP contribution in [0.4, 0.5) is 8.78 Å². The molecule has 1 heterocycles. The van der Waals surface area contributed by atoms with Crippen LogP contribution in [-0.4, -0.2) is 16.6 Å². The minimum Gasteiger partial charge on any atom is -0.435 e. The van der Waals surface area contributed by atoms with E-state index in [0.29, 0.717) is 16.5 Å². The van der Waals surface area contributed by atoms with Gasteiger partial charge in [-0.15, -0.1) is 0 Å². The van der Waals surface area contributed by atoms with E-state index in [-0.39, 0.29) is 5.75 Å². The fourth-order valence-corrected chi connectivity index (χ4v) is 1.40. The third-order valence-electron chi connectivity index (χ3n) is 1.96. The van der Waals surface area contributed by atoms with Crippen molar-refractivity contribution in [3.63, 3.8) is 0 Å². The smallest absolute Gasteiger partial charge is 0.387 e. The van der Waals surface area contributed by atoms with Crippen molar-refractivity contribution in [1.82, 2.24) is 9.97 Å². The SMILES string of the molecule is FC(F)Oc1ccc(-c2nccc(Cl)n2)cc1. The van der Waals surface area contributed by atoms with Gasteiger partial charge in [0.15, 0.2) is 5.82 Å². The summed E-state index contributed by atoms with van der Waals surface area (Å²) in [6.07, 6.45) is 1.52. The van der Waals surface area contributed by atoms with E-state index in [1.54, 1.807) is 18.2 Å². The third kappa shape index (κ3) is 3.10. The molecule has 2 aromatic rings. The van der Waals surface area contributed by atoms with Crippen LogP contribution in [0.5, 0.6) is 5.75 Å². The zero-order valence-electron chi connectivity index (χ0n) is 8.48. The fraction of sp³-hybridized carbons (Fsp3) is 0.0909. The van der Waals surface area contributed by atoms with Crippen LogP contribution in [0, 0.1) is 0 Å². The van der Waals surface area contributed by atoms with Crippen molar-refractivity contribution in [2.75, 3.05) is 0 Å². The molecule has 0 spiro atoms. The molecule has 2 rings (SSSR count). The number of alkyl halides is 2. The molecule has 0 aliphatic heterocycles. The Bertz CT molecular complexity index is 505. The highest BCUT2D eigenvalue weighted by atomic mass is 35.5. The van der Waals surface area contributed by atoms with Gasteiger partial charge < -0.3 is 4.74 Å². The summed E-state index contributed by atoms with van der Waals surface area (Å²) in [5.74, 6) is 0.520. The van der Waals surface area contributed by atoms with Crippen molar-refractivity contribution < 1.29 is 13.5 Å². The molecule has 6 heteroatoms. The first kappa shape index (κ1) is 11.7. The predicted molar refractivity (Wildman–Crippen MR) is 59.1 cm³/mol. The van der Waals surface area contributed by atoms with Crippen molar-refractivity contribution in [2.24, 2.45) is 0 Å². The molecular formula is C11H7ClF2N2O. The first-order chi connectivity index (χ1) is 8.15. The summed E-state index contributed by atoms with van der Waals surface area (Å²) in [5.41, 5.74) is 0.675. The molecule has 0 aliphatic rings. The molecule has 0 saturated carbocycles. The highest BCUT2D eigenvalue weighted by Gasteiger charge is 2.05. The van der Waals surface area contributed by atoms with Gasteiger partial charge in [-0.25, -0.2) is 9.97 Å². The molecule has 88 valence electrons. The van der Waals surface area contributed by atoms with Gasteiger partial charge in [-0.3, -0.25) is 0 Å². The highest BCUT2D eigenvalue weighted by molar-refractivity contribution is 6.29. The Labute approximate surface area is 101 Å². The van der Waals surface area contributed by atoms with Gasteiger partial charge >= 0.3 is 6.61 Å². The maximum absolute atomic E-state index is 11.9. The average Bonchev–Trinajstić information content (AvgIpc) is 2.29. The molecule has 0 saturated heterocycles. The Morgan fingerprint density at radius 2 is 1.82 bits per heavy atom. The van der Waals surface area contributed by atoms with Crippen molar-refractivity contribution in [3.8, 4) is 17.1 Å². The Balaban J connectivity index is 2.23. The van der Waals surface area contributed by atoms with E-state index in [1.165, 1.54) is 18.3 Å². The molecule has 3 nitrogen and oxygen atoms in total. The lowest BCUT2D eigenvalue weighted by Crippen LogP contribution is -2.01. The molecule has 0 atom stereocenters. The minimum atomic E-state index is -2.83. The average molecular weight is 257 g/mol. The zero-order valence-corrected chi connectivity index (χ0v) is 9.23. The van der Waals surface area contributed by atoms with Gasteiger partial charge in [0, 0.05) is 11.8 Å². The first-order valence-electron chi connectivity index (χ1n) is 4.69. The lowest BCUT2D eigenvalue weighted by atomic mass is 10.2. The molecule has 0 radical (unpaired) electrons.